The number of benzene rings is 2. The zero-order valence-electron chi connectivity index (χ0n) is 19.8. The van der Waals surface area contributed by atoms with Gasteiger partial charge in [-0.25, -0.2) is 4.79 Å². The fraction of sp³-hybridized carbons (Fsp3) is 0.400. The van der Waals surface area contributed by atoms with Crippen molar-refractivity contribution in [1.29, 1.82) is 0 Å². The van der Waals surface area contributed by atoms with Gasteiger partial charge in [-0.15, -0.1) is 0 Å². The molecule has 0 aromatic heterocycles. The van der Waals surface area contributed by atoms with Gasteiger partial charge in [-0.1, -0.05) is 30.3 Å². The lowest BCUT2D eigenvalue weighted by Crippen LogP contribution is -2.48. The summed E-state index contributed by atoms with van der Waals surface area (Å²) in [7, 11) is 3.26. The highest BCUT2D eigenvalue weighted by atomic mass is 16.6. The highest BCUT2D eigenvalue weighted by Gasteiger charge is 2.25. The fourth-order valence-electron chi connectivity index (χ4n) is 3.07. The first-order valence-electron chi connectivity index (χ1n) is 10.7. The van der Waals surface area contributed by atoms with Crippen LogP contribution in [0.15, 0.2) is 48.5 Å². The Bertz CT molecular complexity index is 964. The van der Waals surface area contributed by atoms with Crippen LogP contribution in [0.3, 0.4) is 0 Å². The van der Waals surface area contributed by atoms with Crippen LogP contribution in [0.25, 0.3) is 0 Å². The molecule has 2 N–H and O–H groups in total. The molecule has 0 radical (unpaired) electrons. The number of ether oxygens (including phenoxy) is 2. The number of nitrogens with one attached hydrogen (secondary N) is 1. The number of alkyl carbamates (subject to hydrolysis) is 1. The molecule has 0 spiro atoms. The van der Waals surface area contributed by atoms with Crippen LogP contribution in [0, 0.1) is 0 Å². The van der Waals surface area contributed by atoms with E-state index in [0.29, 0.717) is 17.9 Å². The minimum atomic E-state index is -0.865. The zero-order valence-corrected chi connectivity index (χ0v) is 19.8. The van der Waals surface area contributed by atoms with Crippen LogP contribution in [0.2, 0.25) is 0 Å². The van der Waals surface area contributed by atoms with E-state index in [2.05, 4.69) is 5.32 Å². The number of carbonyl (C=O) groups excluding carboxylic acids is 2. The molecule has 0 fully saturated rings. The van der Waals surface area contributed by atoms with E-state index < -0.39 is 23.7 Å². The van der Waals surface area contributed by atoms with Crippen molar-refractivity contribution in [2.75, 3.05) is 14.1 Å². The van der Waals surface area contributed by atoms with E-state index in [4.69, 9.17) is 14.6 Å². The van der Waals surface area contributed by atoms with Gasteiger partial charge in [-0.3, -0.25) is 9.59 Å². The van der Waals surface area contributed by atoms with Gasteiger partial charge in [0.15, 0.2) is 0 Å². The molecule has 0 saturated carbocycles. The summed E-state index contributed by atoms with van der Waals surface area (Å²) in [5.41, 5.74) is 0.968. The maximum Gasteiger partial charge on any atom is 0.408 e. The van der Waals surface area contributed by atoms with E-state index >= 15 is 0 Å². The predicted octanol–water partition coefficient (Wildman–Crippen LogP) is 4.02. The Kier molecular flexibility index (Phi) is 8.85. The number of hydrogen-bond acceptors (Lipinski definition) is 5. The summed E-state index contributed by atoms with van der Waals surface area (Å²) in [6, 6.07) is 13.7. The zero-order chi connectivity index (χ0) is 24.6. The number of hydrogen-bond donors (Lipinski definition) is 2. The molecule has 2 aromatic rings. The topological polar surface area (TPSA) is 105 Å². The minimum Gasteiger partial charge on any atom is -0.481 e. The SMILES string of the molecule is CN(C)C(=O)[C@H](Cc1ccc(Oc2ccccc2CCC(=O)O)cc1)NC(=O)OC(C)(C)C. The number of likely N-dealkylation sites (N-methyl/N-ethyl adjacent to an activating group) is 1. The van der Waals surface area contributed by atoms with Gasteiger partial charge in [0.1, 0.15) is 23.1 Å². The van der Waals surface area contributed by atoms with Crippen molar-refractivity contribution in [3.63, 3.8) is 0 Å². The fourth-order valence-corrected chi connectivity index (χ4v) is 3.07. The van der Waals surface area contributed by atoms with Gasteiger partial charge in [0.25, 0.3) is 0 Å². The summed E-state index contributed by atoms with van der Waals surface area (Å²) in [4.78, 5) is 37.1. The van der Waals surface area contributed by atoms with Crippen LogP contribution in [0.4, 0.5) is 4.79 Å². The summed E-state index contributed by atoms with van der Waals surface area (Å²) < 4.78 is 11.2. The molecule has 2 aromatic carbocycles. The summed E-state index contributed by atoms with van der Waals surface area (Å²) in [6.07, 6.45) is 0.0197. The van der Waals surface area contributed by atoms with Gasteiger partial charge >= 0.3 is 12.1 Å². The van der Waals surface area contributed by atoms with Crippen LogP contribution in [0.5, 0.6) is 11.5 Å². The Labute approximate surface area is 194 Å². The number of nitrogens with zero attached hydrogens (tertiary/aromatic N) is 1. The summed E-state index contributed by atoms with van der Waals surface area (Å²) in [6.45, 7) is 5.27. The van der Waals surface area contributed by atoms with Gasteiger partial charge in [0, 0.05) is 26.9 Å². The lowest BCUT2D eigenvalue weighted by atomic mass is 10.0. The molecule has 178 valence electrons. The Morgan fingerprint density at radius 1 is 1.03 bits per heavy atom. The molecular formula is C25H32N2O6. The van der Waals surface area contributed by atoms with Gasteiger partial charge in [0.05, 0.1) is 0 Å². The third kappa shape index (κ3) is 8.84. The summed E-state index contributed by atoms with van der Waals surface area (Å²) >= 11 is 0. The van der Waals surface area contributed by atoms with E-state index in [0.717, 1.165) is 11.1 Å². The molecule has 33 heavy (non-hydrogen) atoms. The number of aliphatic carboxylic acids is 1. The monoisotopic (exact) mass is 456 g/mol. The van der Waals surface area contributed by atoms with Crippen molar-refractivity contribution in [3.8, 4) is 11.5 Å². The van der Waals surface area contributed by atoms with Crippen LogP contribution in [0.1, 0.15) is 38.3 Å². The average Bonchev–Trinajstić information content (AvgIpc) is 2.72. The normalized spacial score (nSPS) is 11.9. The maximum atomic E-state index is 12.6. The second-order valence-corrected chi connectivity index (χ2v) is 8.88. The van der Waals surface area contributed by atoms with E-state index in [1.165, 1.54) is 4.90 Å². The number of rotatable bonds is 9. The van der Waals surface area contributed by atoms with E-state index in [1.807, 2.05) is 30.3 Å². The molecule has 0 unspecified atom stereocenters. The largest absolute Gasteiger partial charge is 0.481 e. The first kappa shape index (κ1) is 25.7. The van der Waals surface area contributed by atoms with Crippen LogP contribution in [-0.2, 0) is 27.2 Å². The Morgan fingerprint density at radius 2 is 1.67 bits per heavy atom. The smallest absolute Gasteiger partial charge is 0.408 e. The van der Waals surface area contributed by atoms with Crippen molar-refractivity contribution in [1.82, 2.24) is 10.2 Å². The molecular weight excluding hydrogens is 424 g/mol. The molecule has 0 saturated heterocycles. The molecule has 8 heteroatoms. The molecule has 2 amide bonds. The maximum absolute atomic E-state index is 12.6. The number of carboxylic acid groups (broad SMARTS) is 1. The quantitative estimate of drug-likeness (QED) is 0.590. The second-order valence-electron chi connectivity index (χ2n) is 8.88. The number of para-hydroxylation sites is 1. The van der Waals surface area contributed by atoms with Crippen LogP contribution < -0.4 is 10.1 Å². The lowest BCUT2D eigenvalue weighted by Gasteiger charge is -2.25. The minimum absolute atomic E-state index is 0.0191. The first-order chi connectivity index (χ1) is 15.4. The van der Waals surface area contributed by atoms with Crippen LogP contribution in [-0.4, -0.2) is 53.7 Å². The Balaban J connectivity index is 2.10. The first-order valence-corrected chi connectivity index (χ1v) is 10.7. The van der Waals surface area contributed by atoms with E-state index in [-0.39, 0.29) is 18.7 Å². The average molecular weight is 457 g/mol. The van der Waals surface area contributed by atoms with Crippen molar-refractivity contribution < 1.29 is 29.0 Å². The third-order valence-corrected chi connectivity index (χ3v) is 4.60. The van der Waals surface area contributed by atoms with Crippen molar-refractivity contribution in [2.24, 2.45) is 0 Å². The van der Waals surface area contributed by atoms with Crippen LogP contribution >= 0.6 is 0 Å². The highest BCUT2D eigenvalue weighted by Crippen LogP contribution is 2.26. The van der Waals surface area contributed by atoms with Crippen molar-refractivity contribution >= 4 is 18.0 Å². The Hall–Kier alpha value is -3.55. The molecule has 0 aliphatic carbocycles. The summed E-state index contributed by atoms with van der Waals surface area (Å²) in [5.74, 6) is 0.0698. The summed E-state index contributed by atoms with van der Waals surface area (Å²) in [5, 5.41) is 11.6. The number of aryl methyl sites for hydroxylation is 1. The predicted molar refractivity (Wildman–Crippen MR) is 124 cm³/mol. The molecule has 8 nitrogen and oxygen atoms in total. The standard InChI is InChI=1S/C25H32N2O6/c1-25(2,3)33-24(31)26-20(23(30)27(4)5)16-17-10-13-19(14-11-17)32-21-9-7-6-8-18(21)12-15-22(28)29/h6-11,13-14,20H,12,15-16H2,1-5H3,(H,26,31)(H,28,29)/t20-/m0/s1. The molecule has 1 atom stereocenters. The number of amides is 2. The molecule has 0 aliphatic rings. The third-order valence-electron chi connectivity index (χ3n) is 4.60. The van der Waals surface area contributed by atoms with E-state index in [9.17, 15) is 14.4 Å². The molecule has 0 aliphatic heterocycles. The van der Waals surface area contributed by atoms with Gasteiger partial charge in [0.2, 0.25) is 5.91 Å². The highest BCUT2D eigenvalue weighted by molar-refractivity contribution is 5.85. The molecule has 2 rings (SSSR count). The van der Waals surface area contributed by atoms with Gasteiger partial charge in [-0.2, -0.15) is 0 Å². The lowest BCUT2D eigenvalue weighted by molar-refractivity contribution is -0.137. The number of carboxylic acids is 1. The molecule has 0 heterocycles. The Morgan fingerprint density at radius 3 is 2.24 bits per heavy atom. The van der Waals surface area contributed by atoms with Gasteiger partial charge < -0.3 is 24.8 Å². The second kappa shape index (κ2) is 11.4. The van der Waals surface area contributed by atoms with E-state index in [1.54, 1.807) is 53.1 Å². The molecule has 0 bridgehead atoms. The van der Waals surface area contributed by atoms with Crippen molar-refractivity contribution in [2.45, 2.75) is 51.7 Å². The van der Waals surface area contributed by atoms with Crippen molar-refractivity contribution in [3.05, 3.63) is 59.7 Å². The van der Waals surface area contributed by atoms with Gasteiger partial charge in [-0.05, 0) is 56.5 Å². The number of carbonyl (C=O) groups is 3.